The monoisotopic (exact) mass is 306 g/mol. The lowest BCUT2D eigenvalue weighted by molar-refractivity contribution is 0.581. The van der Waals surface area contributed by atoms with Gasteiger partial charge in [0.05, 0.1) is 5.69 Å². The average Bonchev–Trinajstić information content (AvgIpc) is 2.37. The van der Waals surface area contributed by atoms with E-state index >= 15 is 0 Å². The number of hydrogen-bond acceptors (Lipinski definition) is 4. The molecule has 4 nitrogen and oxygen atoms in total. The Kier molecular flexibility index (Phi) is 4.38. The second-order valence-corrected chi connectivity index (χ2v) is 5.10. The van der Waals surface area contributed by atoms with E-state index in [9.17, 15) is 0 Å². The summed E-state index contributed by atoms with van der Waals surface area (Å²) in [6.45, 7) is 4.95. The summed E-state index contributed by atoms with van der Waals surface area (Å²) in [5.41, 5.74) is 1.73. The van der Waals surface area contributed by atoms with Crippen molar-refractivity contribution in [2.45, 2.75) is 26.4 Å². The third-order valence-corrected chi connectivity index (χ3v) is 3.01. The summed E-state index contributed by atoms with van der Waals surface area (Å²) in [7, 11) is 0. The first-order chi connectivity index (χ1) is 8.66. The third-order valence-electron chi connectivity index (χ3n) is 2.37. The number of pyridine rings is 1. The van der Waals surface area contributed by atoms with E-state index in [-0.39, 0.29) is 0 Å². The molecular formula is C13H15BrN4. The van der Waals surface area contributed by atoms with Crippen LogP contribution < -0.4 is 5.32 Å². The Morgan fingerprint density at radius 2 is 2.06 bits per heavy atom. The molecule has 1 N–H and O–H groups in total. The normalized spacial score (nSPS) is 10.9. The molecule has 2 rings (SSSR count). The fourth-order valence-corrected chi connectivity index (χ4v) is 1.90. The van der Waals surface area contributed by atoms with E-state index < -0.39 is 0 Å². The minimum Gasteiger partial charge on any atom is -0.309 e. The fourth-order valence-electron chi connectivity index (χ4n) is 1.47. The number of aromatic nitrogens is 3. The van der Waals surface area contributed by atoms with Crippen molar-refractivity contribution in [3.8, 4) is 11.5 Å². The smallest absolute Gasteiger partial charge is 0.179 e. The lowest BCUT2D eigenvalue weighted by Crippen LogP contribution is -2.22. The van der Waals surface area contributed by atoms with Gasteiger partial charge in [0.2, 0.25) is 0 Å². The van der Waals surface area contributed by atoms with Gasteiger partial charge in [0, 0.05) is 29.5 Å². The molecule has 0 spiro atoms. The maximum Gasteiger partial charge on any atom is 0.179 e. The molecule has 5 heteroatoms. The highest BCUT2D eigenvalue weighted by Crippen LogP contribution is 2.22. The van der Waals surface area contributed by atoms with Crippen molar-refractivity contribution in [2.24, 2.45) is 0 Å². The maximum atomic E-state index is 4.51. The lowest BCUT2D eigenvalue weighted by atomic mass is 10.3. The Balaban J connectivity index is 2.25. The van der Waals surface area contributed by atoms with E-state index in [2.05, 4.69) is 50.0 Å². The van der Waals surface area contributed by atoms with Crippen molar-refractivity contribution in [1.82, 2.24) is 20.3 Å². The van der Waals surface area contributed by atoms with Crippen LogP contribution in [0.1, 0.15) is 19.5 Å². The van der Waals surface area contributed by atoms with Crippen LogP contribution >= 0.6 is 15.9 Å². The molecule has 0 aliphatic carbocycles. The largest absolute Gasteiger partial charge is 0.309 e. The number of nitrogens with zero attached hydrogens (tertiary/aromatic N) is 3. The molecule has 0 amide bonds. The molecule has 0 aliphatic heterocycles. The molecule has 0 bridgehead atoms. The van der Waals surface area contributed by atoms with Gasteiger partial charge < -0.3 is 5.32 Å². The first-order valence-electron chi connectivity index (χ1n) is 5.83. The van der Waals surface area contributed by atoms with E-state index in [4.69, 9.17) is 0 Å². The summed E-state index contributed by atoms with van der Waals surface area (Å²) in [6, 6.07) is 6.16. The predicted octanol–water partition coefficient (Wildman–Crippen LogP) is 2.80. The first-order valence-corrected chi connectivity index (χ1v) is 6.62. The lowest BCUT2D eigenvalue weighted by Gasteiger charge is -2.08. The highest BCUT2D eigenvalue weighted by Gasteiger charge is 2.07. The van der Waals surface area contributed by atoms with Gasteiger partial charge in [-0.1, -0.05) is 13.8 Å². The Bertz CT molecular complexity index is 528. The Hall–Kier alpha value is -1.33. The molecule has 2 aromatic heterocycles. The van der Waals surface area contributed by atoms with Crippen LogP contribution in [0.5, 0.6) is 0 Å². The van der Waals surface area contributed by atoms with E-state index in [1.807, 2.05) is 18.2 Å². The quantitative estimate of drug-likeness (QED) is 0.943. The fraction of sp³-hybridized carbons (Fsp3) is 0.308. The summed E-state index contributed by atoms with van der Waals surface area (Å²) in [5.74, 6) is 0.644. The highest BCUT2D eigenvalue weighted by atomic mass is 79.9. The molecule has 0 atom stereocenters. The molecule has 2 heterocycles. The molecule has 0 radical (unpaired) electrons. The first kappa shape index (κ1) is 13.1. The minimum absolute atomic E-state index is 0.435. The summed E-state index contributed by atoms with van der Waals surface area (Å²) < 4.78 is 0.902. The van der Waals surface area contributed by atoms with Crippen LogP contribution in [-0.4, -0.2) is 21.0 Å². The molecule has 18 heavy (non-hydrogen) atoms. The van der Waals surface area contributed by atoms with Crippen LogP contribution in [0.2, 0.25) is 0 Å². The predicted molar refractivity (Wildman–Crippen MR) is 74.9 cm³/mol. The standard InChI is InChI=1S/C13H15BrN4/c1-9(2)17-8-10-5-7-16-13(18-10)12-11(14)4-3-6-15-12/h3-7,9,17H,8H2,1-2H3. The van der Waals surface area contributed by atoms with Crippen molar-refractivity contribution in [2.75, 3.05) is 0 Å². The number of rotatable bonds is 4. The Morgan fingerprint density at radius 3 is 2.78 bits per heavy atom. The Labute approximate surface area is 115 Å². The molecule has 0 fully saturated rings. The molecule has 0 unspecified atom stereocenters. The molecule has 0 aromatic carbocycles. The van der Waals surface area contributed by atoms with Crippen LogP contribution in [0.3, 0.4) is 0 Å². The van der Waals surface area contributed by atoms with Crippen molar-refractivity contribution in [3.05, 3.63) is 40.8 Å². The molecule has 0 saturated heterocycles. The van der Waals surface area contributed by atoms with E-state index in [0.29, 0.717) is 11.9 Å². The molecule has 0 aliphatic rings. The van der Waals surface area contributed by atoms with Gasteiger partial charge in [-0.25, -0.2) is 9.97 Å². The van der Waals surface area contributed by atoms with Gasteiger partial charge in [-0.05, 0) is 34.1 Å². The van der Waals surface area contributed by atoms with Crippen molar-refractivity contribution < 1.29 is 0 Å². The Morgan fingerprint density at radius 1 is 1.22 bits per heavy atom. The van der Waals surface area contributed by atoms with Gasteiger partial charge in [0.1, 0.15) is 5.69 Å². The van der Waals surface area contributed by atoms with E-state index in [0.717, 1.165) is 22.4 Å². The minimum atomic E-state index is 0.435. The van der Waals surface area contributed by atoms with Crippen molar-refractivity contribution in [3.63, 3.8) is 0 Å². The number of halogens is 1. The zero-order valence-corrected chi connectivity index (χ0v) is 12.0. The molecular weight excluding hydrogens is 292 g/mol. The molecule has 2 aromatic rings. The van der Waals surface area contributed by atoms with E-state index in [1.54, 1.807) is 12.4 Å². The summed E-state index contributed by atoms with van der Waals surface area (Å²) in [6.07, 6.45) is 3.50. The number of nitrogens with one attached hydrogen (secondary N) is 1. The molecule has 0 saturated carbocycles. The van der Waals surface area contributed by atoms with Gasteiger partial charge in [-0.15, -0.1) is 0 Å². The summed E-state index contributed by atoms with van der Waals surface area (Å²) in [5, 5.41) is 3.33. The van der Waals surface area contributed by atoms with Crippen LogP contribution in [0.15, 0.2) is 35.1 Å². The van der Waals surface area contributed by atoms with E-state index in [1.165, 1.54) is 0 Å². The topological polar surface area (TPSA) is 50.7 Å². The highest BCUT2D eigenvalue weighted by molar-refractivity contribution is 9.10. The van der Waals surface area contributed by atoms with Crippen LogP contribution in [-0.2, 0) is 6.54 Å². The summed E-state index contributed by atoms with van der Waals surface area (Å²) in [4.78, 5) is 13.1. The van der Waals surface area contributed by atoms with Crippen molar-refractivity contribution >= 4 is 15.9 Å². The van der Waals surface area contributed by atoms with Crippen LogP contribution in [0.25, 0.3) is 11.5 Å². The van der Waals surface area contributed by atoms with Gasteiger partial charge in [-0.2, -0.15) is 0 Å². The second kappa shape index (κ2) is 6.02. The van der Waals surface area contributed by atoms with Crippen molar-refractivity contribution in [1.29, 1.82) is 0 Å². The SMILES string of the molecule is CC(C)NCc1ccnc(-c2ncccc2Br)n1. The number of hydrogen-bond donors (Lipinski definition) is 1. The van der Waals surface area contributed by atoms with Gasteiger partial charge in [0.25, 0.3) is 0 Å². The maximum absolute atomic E-state index is 4.51. The zero-order valence-electron chi connectivity index (χ0n) is 10.4. The zero-order chi connectivity index (χ0) is 13.0. The second-order valence-electron chi connectivity index (χ2n) is 4.24. The van der Waals surface area contributed by atoms with Gasteiger partial charge in [-0.3, -0.25) is 4.98 Å². The third kappa shape index (κ3) is 3.34. The molecule has 94 valence electrons. The van der Waals surface area contributed by atoms with Crippen LogP contribution in [0, 0.1) is 0 Å². The van der Waals surface area contributed by atoms with Crippen LogP contribution in [0.4, 0.5) is 0 Å². The van der Waals surface area contributed by atoms with Gasteiger partial charge >= 0.3 is 0 Å². The summed E-state index contributed by atoms with van der Waals surface area (Å²) >= 11 is 3.46. The average molecular weight is 307 g/mol. The van der Waals surface area contributed by atoms with Gasteiger partial charge in [0.15, 0.2) is 5.82 Å².